The Balaban J connectivity index is 3.00. The van der Waals surface area contributed by atoms with E-state index in [0.717, 1.165) is 6.20 Å². The summed E-state index contributed by atoms with van der Waals surface area (Å²) in [6, 6.07) is 0. The van der Waals surface area contributed by atoms with Gasteiger partial charge in [0.15, 0.2) is 0 Å². The first-order valence-corrected chi connectivity index (χ1v) is 4.56. The molecule has 5 nitrogen and oxygen atoms in total. The minimum Gasteiger partial charge on any atom is -0.478 e. The molecular formula is C9H8F4N2O3. The van der Waals surface area contributed by atoms with Crippen LogP contribution in [0.25, 0.3) is 0 Å². The Bertz CT molecular complexity index is 484. The fourth-order valence-electron chi connectivity index (χ4n) is 1.21. The Labute approximate surface area is 97.8 Å². The lowest BCUT2D eigenvalue weighted by atomic mass is 10.2. The monoisotopic (exact) mass is 268 g/mol. The second-order valence-electron chi connectivity index (χ2n) is 3.39. The Morgan fingerprint density at radius 3 is 2.44 bits per heavy atom. The SMILES string of the molecule is Cc1[nH]cc(NC(=O)C(F)(F)C(F)F)c1C(=O)O. The van der Waals surface area contributed by atoms with Crippen LogP contribution in [0.3, 0.4) is 0 Å². The number of amides is 1. The zero-order chi connectivity index (χ0) is 14.1. The van der Waals surface area contributed by atoms with Gasteiger partial charge in [0.05, 0.1) is 5.69 Å². The lowest BCUT2D eigenvalue weighted by Gasteiger charge is -2.14. The average molecular weight is 268 g/mol. The minimum absolute atomic E-state index is 0.0955. The summed E-state index contributed by atoms with van der Waals surface area (Å²) < 4.78 is 49.1. The van der Waals surface area contributed by atoms with Gasteiger partial charge in [-0.05, 0) is 6.92 Å². The van der Waals surface area contributed by atoms with Crippen LogP contribution in [0, 0.1) is 6.92 Å². The third kappa shape index (κ3) is 2.44. The summed E-state index contributed by atoms with van der Waals surface area (Å²) in [6.45, 7) is 1.32. The maximum atomic E-state index is 12.6. The summed E-state index contributed by atoms with van der Waals surface area (Å²) in [5.41, 5.74) is -0.864. The largest absolute Gasteiger partial charge is 0.478 e. The fourth-order valence-corrected chi connectivity index (χ4v) is 1.21. The number of aromatic nitrogens is 1. The van der Waals surface area contributed by atoms with E-state index in [2.05, 4.69) is 4.98 Å². The molecule has 1 amide bonds. The molecule has 1 aromatic rings. The van der Waals surface area contributed by atoms with E-state index in [4.69, 9.17) is 5.11 Å². The van der Waals surface area contributed by atoms with Crippen LogP contribution in [0.4, 0.5) is 23.2 Å². The summed E-state index contributed by atoms with van der Waals surface area (Å²) in [4.78, 5) is 24.1. The summed E-state index contributed by atoms with van der Waals surface area (Å²) in [7, 11) is 0. The molecule has 0 radical (unpaired) electrons. The summed E-state index contributed by atoms with van der Waals surface area (Å²) in [5.74, 6) is -8.63. The average Bonchev–Trinajstić information content (AvgIpc) is 2.59. The number of anilines is 1. The van der Waals surface area contributed by atoms with Crippen LogP contribution < -0.4 is 5.32 Å². The number of rotatable bonds is 4. The molecule has 9 heteroatoms. The van der Waals surface area contributed by atoms with Gasteiger partial charge in [-0.25, -0.2) is 13.6 Å². The molecule has 0 fully saturated rings. The highest BCUT2D eigenvalue weighted by molar-refractivity contribution is 6.03. The number of halogens is 4. The van der Waals surface area contributed by atoms with Crippen molar-refractivity contribution in [2.24, 2.45) is 0 Å². The molecule has 3 N–H and O–H groups in total. The van der Waals surface area contributed by atoms with Crippen LogP contribution >= 0.6 is 0 Å². The van der Waals surface area contributed by atoms with Gasteiger partial charge in [-0.2, -0.15) is 8.78 Å². The predicted molar refractivity (Wildman–Crippen MR) is 52.1 cm³/mol. The molecular weight excluding hydrogens is 260 g/mol. The highest BCUT2D eigenvalue weighted by Crippen LogP contribution is 2.26. The number of aromatic carboxylic acids is 1. The van der Waals surface area contributed by atoms with Crippen LogP contribution in [-0.4, -0.2) is 34.3 Å². The van der Waals surface area contributed by atoms with Crippen LogP contribution in [0.15, 0.2) is 6.20 Å². The van der Waals surface area contributed by atoms with Crippen molar-refractivity contribution in [3.8, 4) is 0 Å². The first-order chi connectivity index (χ1) is 8.17. The van der Waals surface area contributed by atoms with Crippen molar-refractivity contribution in [1.29, 1.82) is 0 Å². The van der Waals surface area contributed by atoms with Crippen molar-refractivity contribution < 1.29 is 32.3 Å². The number of carbonyl (C=O) groups is 2. The van der Waals surface area contributed by atoms with Gasteiger partial charge in [0.25, 0.3) is 0 Å². The highest BCUT2D eigenvalue weighted by Gasteiger charge is 2.49. The molecule has 0 aliphatic carbocycles. The molecule has 1 aromatic heterocycles. The third-order valence-corrected chi connectivity index (χ3v) is 2.12. The van der Waals surface area contributed by atoms with Crippen molar-refractivity contribution in [3.63, 3.8) is 0 Å². The van der Waals surface area contributed by atoms with Gasteiger partial charge in [-0.15, -0.1) is 0 Å². The van der Waals surface area contributed by atoms with Gasteiger partial charge in [0.2, 0.25) is 0 Å². The molecule has 1 heterocycles. The molecule has 0 saturated carbocycles. The standard InChI is InChI=1S/C9H8F4N2O3/c1-3-5(6(16)17)4(2-14-3)15-8(18)9(12,13)7(10)11/h2,7,14H,1H3,(H,15,18)(H,16,17). The molecule has 0 atom stereocenters. The van der Waals surface area contributed by atoms with Crippen LogP contribution in [-0.2, 0) is 4.79 Å². The third-order valence-electron chi connectivity index (χ3n) is 2.12. The molecule has 100 valence electrons. The lowest BCUT2D eigenvalue weighted by molar-refractivity contribution is -0.163. The molecule has 0 saturated heterocycles. The quantitative estimate of drug-likeness (QED) is 0.729. The van der Waals surface area contributed by atoms with Gasteiger partial charge in [0, 0.05) is 11.9 Å². The zero-order valence-electron chi connectivity index (χ0n) is 8.93. The maximum absolute atomic E-state index is 12.6. The van der Waals surface area contributed by atoms with Crippen molar-refractivity contribution >= 4 is 17.6 Å². The molecule has 18 heavy (non-hydrogen) atoms. The fraction of sp³-hybridized carbons (Fsp3) is 0.333. The predicted octanol–water partition coefficient (Wildman–Crippen LogP) is 1.86. The Morgan fingerprint density at radius 2 is 2.00 bits per heavy atom. The summed E-state index contributed by atoms with van der Waals surface area (Å²) in [6.07, 6.45) is -3.25. The van der Waals surface area contributed by atoms with Gasteiger partial charge >= 0.3 is 24.2 Å². The molecule has 0 unspecified atom stereocenters. The van der Waals surface area contributed by atoms with E-state index in [9.17, 15) is 27.2 Å². The van der Waals surface area contributed by atoms with Crippen molar-refractivity contribution in [1.82, 2.24) is 4.98 Å². The molecule has 0 spiro atoms. The Kier molecular flexibility index (Phi) is 3.63. The normalized spacial score (nSPS) is 11.7. The summed E-state index contributed by atoms with van der Waals surface area (Å²) >= 11 is 0. The number of carboxylic acids is 1. The van der Waals surface area contributed by atoms with Crippen molar-refractivity contribution in [2.75, 3.05) is 5.32 Å². The van der Waals surface area contributed by atoms with E-state index in [1.165, 1.54) is 12.2 Å². The van der Waals surface area contributed by atoms with E-state index in [1.54, 1.807) is 0 Å². The number of carbonyl (C=O) groups excluding carboxylic acids is 1. The van der Waals surface area contributed by atoms with Crippen LogP contribution in [0.1, 0.15) is 16.1 Å². The van der Waals surface area contributed by atoms with E-state index >= 15 is 0 Å². The first kappa shape index (κ1) is 14.0. The number of hydrogen-bond acceptors (Lipinski definition) is 2. The molecule has 0 aromatic carbocycles. The lowest BCUT2D eigenvalue weighted by Crippen LogP contribution is -2.41. The Hall–Kier alpha value is -2.06. The molecule has 0 aliphatic rings. The first-order valence-electron chi connectivity index (χ1n) is 4.56. The second-order valence-corrected chi connectivity index (χ2v) is 3.39. The van der Waals surface area contributed by atoms with E-state index < -0.39 is 35.5 Å². The van der Waals surface area contributed by atoms with Crippen LogP contribution in [0.5, 0.6) is 0 Å². The van der Waals surface area contributed by atoms with E-state index in [-0.39, 0.29) is 5.69 Å². The van der Waals surface area contributed by atoms with Crippen LogP contribution in [0.2, 0.25) is 0 Å². The number of carboxylic acid groups (broad SMARTS) is 1. The zero-order valence-corrected chi connectivity index (χ0v) is 8.93. The van der Waals surface area contributed by atoms with Crippen molar-refractivity contribution in [2.45, 2.75) is 19.3 Å². The number of hydrogen-bond donors (Lipinski definition) is 3. The van der Waals surface area contributed by atoms with Gasteiger partial charge in [0.1, 0.15) is 5.56 Å². The Morgan fingerprint density at radius 1 is 1.44 bits per heavy atom. The van der Waals surface area contributed by atoms with Gasteiger partial charge in [-0.3, -0.25) is 4.79 Å². The second kappa shape index (κ2) is 4.67. The van der Waals surface area contributed by atoms with Gasteiger partial charge in [-0.1, -0.05) is 0 Å². The summed E-state index contributed by atoms with van der Waals surface area (Å²) in [5, 5.41) is 10.2. The van der Waals surface area contributed by atoms with Gasteiger partial charge < -0.3 is 15.4 Å². The number of aryl methyl sites for hydroxylation is 1. The van der Waals surface area contributed by atoms with E-state index in [0.29, 0.717) is 0 Å². The van der Waals surface area contributed by atoms with Crippen molar-refractivity contribution in [3.05, 3.63) is 17.5 Å². The smallest absolute Gasteiger partial charge is 0.383 e. The number of alkyl halides is 4. The molecule has 0 aliphatic heterocycles. The molecule has 1 rings (SSSR count). The molecule has 0 bridgehead atoms. The minimum atomic E-state index is -4.89. The maximum Gasteiger partial charge on any atom is 0.383 e. The number of H-pyrrole nitrogens is 1. The van der Waals surface area contributed by atoms with E-state index in [1.807, 2.05) is 0 Å². The highest BCUT2D eigenvalue weighted by atomic mass is 19.3. The number of aromatic amines is 1. The topological polar surface area (TPSA) is 82.2 Å². The number of nitrogens with one attached hydrogen (secondary N) is 2.